The zero-order valence-corrected chi connectivity index (χ0v) is 10.7. The van der Waals surface area contributed by atoms with Crippen molar-refractivity contribution >= 4 is 21.6 Å². The Hall–Kier alpha value is -1.00. The molecule has 0 aliphatic rings. The van der Waals surface area contributed by atoms with Crippen LogP contribution in [0.2, 0.25) is 0 Å². The molecule has 2 rings (SSSR count). The highest BCUT2D eigenvalue weighted by Crippen LogP contribution is 2.27. The van der Waals surface area contributed by atoms with Crippen LogP contribution in [0.15, 0.2) is 17.8 Å². The van der Waals surface area contributed by atoms with Crippen molar-refractivity contribution in [2.75, 3.05) is 6.54 Å². The zero-order valence-electron chi connectivity index (χ0n) is 9.90. The number of thiophene rings is 1. The van der Waals surface area contributed by atoms with Gasteiger partial charge in [0.05, 0.1) is 5.69 Å². The third-order valence-corrected chi connectivity index (χ3v) is 3.82. The standard InChI is InChI=1S/C12H17N3S/c1-4-13-9(3)8(2)11-10-5-6-16-12(10)15-7-14-11/h5-9,13H,4H2,1-3H3. The van der Waals surface area contributed by atoms with Gasteiger partial charge in [-0.05, 0) is 24.9 Å². The van der Waals surface area contributed by atoms with Crippen LogP contribution >= 0.6 is 11.3 Å². The predicted octanol–water partition coefficient (Wildman–Crippen LogP) is 2.79. The second-order valence-corrected chi connectivity index (χ2v) is 4.93. The summed E-state index contributed by atoms with van der Waals surface area (Å²) in [5.41, 5.74) is 1.15. The molecule has 1 N–H and O–H groups in total. The fourth-order valence-electron chi connectivity index (χ4n) is 1.91. The fourth-order valence-corrected chi connectivity index (χ4v) is 2.65. The highest BCUT2D eigenvalue weighted by Gasteiger charge is 2.17. The Bertz CT molecular complexity index is 466. The lowest BCUT2D eigenvalue weighted by Gasteiger charge is -2.20. The van der Waals surface area contributed by atoms with E-state index in [1.165, 1.54) is 5.39 Å². The Kier molecular flexibility index (Phi) is 3.51. The summed E-state index contributed by atoms with van der Waals surface area (Å²) >= 11 is 1.67. The molecular formula is C12H17N3S. The summed E-state index contributed by atoms with van der Waals surface area (Å²) in [5.74, 6) is 0.403. The molecule has 0 spiro atoms. The number of fused-ring (bicyclic) bond motifs is 1. The third-order valence-electron chi connectivity index (χ3n) is 3.00. The Labute approximate surface area is 99.9 Å². The highest BCUT2D eigenvalue weighted by molar-refractivity contribution is 7.16. The van der Waals surface area contributed by atoms with Crippen LogP contribution in [0, 0.1) is 0 Å². The molecule has 0 bridgehead atoms. The van der Waals surface area contributed by atoms with E-state index >= 15 is 0 Å². The Morgan fingerprint density at radius 3 is 2.94 bits per heavy atom. The summed E-state index contributed by atoms with van der Waals surface area (Å²) in [6.07, 6.45) is 1.67. The number of hydrogen-bond acceptors (Lipinski definition) is 4. The van der Waals surface area contributed by atoms with Crippen molar-refractivity contribution in [3.8, 4) is 0 Å². The second-order valence-electron chi connectivity index (χ2n) is 4.03. The van der Waals surface area contributed by atoms with Gasteiger partial charge >= 0.3 is 0 Å². The van der Waals surface area contributed by atoms with Crippen molar-refractivity contribution in [1.82, 2.24) is 15.3 Å². The number of rotatable bonds is 4. The maximum atomic E-state index is 4.44. The average molecular weight is 235 g/mol. The minimum atomic E-state index is 0.403. The fraction of sp³-hybridized carbons (Fsp3) is 0.500. The third kappa shape index (κ3) is 2.08. The molecule has 16 heavy (non-hydrogen) atoms. The smallest absolute Gasteiger partial charge is 0.126 e. The molecule has 0 saturated heterocycles. The van der Waals surface area contributed by atoms with Gasteiger partial charge < -0.3 is 5.32 Å². The van der Waals surface area contributed by atoms with E-state index in [1.807, 2.05) is 0 Å². The van der Waals surface area contributed by atoms with Crippen molar-refractivity contribution in [1.29, 1.82) is 0 Å². The van der Waals surface area contributed by atoms with Crippen molar-refractivity contribution in [3.05, 3.63) is 23.5 Å². The number of likely N-dealkylation sites (N-methyl/N-ethyl adjacent to an activating group) is 1. The number of nitrogens with zero attached hydrogens (tertiary/aromatic N) is 2. The molecule has 0 amide bonds. The van der Waals surface area contributed by atoms with E-state index < -0.39 is 0 Å². The molecule has 0 radical (unpaired) electrons. The molecule has 0 aliphatic carbocycles. The molecule has 2 heterocycles. The lowest BCUT2D eigenvalue weighted by atomic mass is 9.97. The monoisotopic (exact) mass is 235 g/mol. The number of nitrogens with one attached hydrogen (secondary N) is 1. The van der Waals surface area contributed by atoms with E-state index in [9.17, 15) is 0 Å². The molecule has 3 nitrogen and oxygen atoms in total. The van der Waals surface area contributed by atoms with Crippen LogP contribution in [0.25, 0.3) is 10.2 Å². The van der Waals surface area contributed by atoms with E-state index in [4.69, 9.17) is 0 Å². The van der Waals surface area contributed by atoms with Crippen LogP contribution < -0.4 is 5.32 Å². The molecule has 2 unspecified atom stereocenters. The highest BCUT2D eigenvalue weighted by atomic mass is 32.1. The summed E-state index contributed by atoms with van der Waals surface area (Å²) in [5, 5.41) is 6.72. The number of aromatic nitrogens is 2. The molecule has 2 aromatic heterocycles. The van der Waals surface area contributed by atoms with E-state index in [1.54, 1.807) is 17.7 Å². The van der Waals surface area contributed by atoms with Crippen molar-refractivity contribution in [3.63, 3.8) is 0 Å². The Morgan fingerprint density at radius 1 is 1.38 bits per heavy atom. The maximum absolute atomic E-state index is 4.44. The summed E-state index contributed by atoms with van der Waals surface area (Å²) in [4.78, 5) is 9.80. The first-order valence-corrected chi connectivity index (χ1v) is 6.53. The first-order chi connectivity index (χ1) is 7.74. The molecule has 0 fully saturated rings. The van der Waals surface area contributed by atoms with Gasteiger partial charge in [-0.1, -0.05) is 13.8 Å². The van der Waals surface area contributed by atoms with Crippen molar-refractivity contribution < 1.29 is 0 Å². The topological polar surface area (TPSA) is 37.8 Å². The van der Waals surface area contributed by atoms with Crippen LogP contribution in [0.4, 0.5) is 0 Å². The summed E-state index contributed by atoms with van der Waals surface area (Å²) in [7, 11) is 0. The van der Waals surface area contributed by atoms with Gasteiger partial charge in [-0.2, -0.15) is 0 Å². The predicted molar refractivity (Wildman–Crippen MR) is 69.0 cm³/mol. The summed E-state index contributed by atoms with van der Waals surface area (Å²) < 4.78 is 0. The van der Waals surface area contributed by atoms with Crippen molar-refractivity contribution in [2.45, 2.75) is 32.7 Å². The van der Waals surface area contributed by atoms with Gasteiger partial charge in [-0.15, -0.1) is 11.3 Å². The number of hydrogen-bond donors (Lipinski definition) is 1. The molecule has 86 valence electrons. The lowest BCUT2D eigenvalue weighted by Crippen LogP contribution is -2.31. The van der Waals surface area contributed by atoms with Crippen LogP contribution in [-0.4, -0.2) is 22.6 Å². The van der Waals surface area contributed by atoms with Crippen LogP contribution in [0.1, 0.15) is 32.4 Å². The van der Waals surface area contributed by atoms with Crippen molar-refractivity contribution in [2.24, 2.45) is 0 Å². The average Bonchev–Trinajstić information content (AvgIpc) is 2.76. The molecule has 4 heteroatoms. The van der Waals surface area contributed by atoms with E-state index in [0.29, 0.717) is 12.0 Å². The molecule has 0 aliphatic heterocycles. The first-order valence-electron chi connectivity index (χ1n) is 5.65. The molecule has 0 saturated carbocycles. The van der Waals surface area contributed by atoms with Crippen LogP contribution in [0.3, 0.4) is 0 Å². The van der Waals surface area contributed by atoms with Crippen LogP contribution in [0.5, 0.6) is 0 Å². The van der Waals surface area contributed by atoms with Gasteiger partial charge in [-0.3, -0.25) is 0 Å². The largest absolute Gasteiger partial charge is 0.314 e. The summed E-state index contributed by atoms with van der Waals surface area (Å²) in [6.45, 7) is 7.54. The van der Waals surface area contributed by atoms with Crippen LogP contribution in [-0.2, 0) is 0 Å². The second kappa shape index (κ2) is 4.89. The molecule has 2 aromatic rings. The van der Waals surface area contributed by atoms with Gasteiger partial charge in [0.25, 0.3) is 0 Å². The SMILES string of the molecule is CCNC(C)C(C)c1ncnc2sccc12. The van der Waals surface area contributed by atoms with Gasteiger partial charge in [0.1, 0.15) is 11.2 Å². The minimum absolute atomic E-state index is 0.403. The Morgan fingerprint density at radius 2 is 2.19 bits per heavy atom. The first kappa shape index (κ1) is 11.5. The lowest BCUT2D eigenvalue weighted by molar-refractivity contribution is 0.489. The van der Waals surface area contributed by atoms with Gasteiger partial charge in [0.2, 0.25) is 0 Å². The quantitative estimate of drug-likeness (QED) is 0.885. The minimum Gasteiger partial charge on any atom is -0.314 e. The van der Waals surface area contributed by atoms with Gasteiger partial charge in [0.15, 0.2) is 0 Å². The Balaban J connectivity index is 2.35. The molecule has 0 aromatic carbocycles. The molecule has 2 atom stereocenters. The summed E-state index contributed by atoms with van der Waals surface area (Å²) in [6, 6.07) is 2.55. The van der Waals surface area contributed by atoms with E-state index in [-0.39, 0.29) is 0 Å². The molecular weight excluding hydrogens is 218 g/mol. The van der Waals surface area contributed by atoms with Gasteiger partial charge in [-0.25, -0.2) is 9.97 Å². The van der Waals surface area contributed by atoms with E-state index in [0.717, 1.165) is 17.1 Å². The van der Waals surface area contributed by atoms with E-state index in [2.05, 4.69) is 47.5 Å². The van der Waals surface area contributed by atoms with Gasteiger partial charge in [0, 0.05) is 17.3 Å². The zero-order chi connectivity index (χ0) is 11.5. The maximum Gasteiger partial charge on any atom is 0.126 e. The normalized spacial score (nSPS) is 15.2.